The molecule has 0 spiro atoms. The second kappa shape index (κ2) is 11.7. The number of fused-ring (bicyclic) bond motifs is 1. The van der Waals surface area contributed by atoms with Crippen molar-refractivity contribution in [3.63, 3.8) is 0 Å². The Morgan fingerprint density at radius 1 is 1.25 bits per heavy atom. The predicted molar refractivity (Wildman–Crippen MR) is 111 cm³/mol. The molecule has 1 unspecified atom stereocenters. The molecule has 28 heavy (non-hydrogen) atoms. The van der Waals surface area contributed by atoms with E-state index in [9.17, 15) is 4.57 Å². The zero-order chi connectivity index (χ0) is 19.3. The van der Waals surface area contributed by atoms with Crippen LogP contribution in [0.1, 0.15) is 87.3 Å². The van der Waals surface area contributed by atoms with Crippen LogP contribution in [0.5, 0.6) is 0 Å². The molecule has 0 heterocycles. The van der Waals surface area contributed by atoms with E-state index in [0.29, 0.717) is 5.92 Å². The second-order valence-electron chi connectivity index (χ2n) is 8.84. The first-order valence-electron chi connectivity index (χ1n) is 10.8. The molecule has 4 nitrogen and oxygen atoms in total. The van der Waals surface area contributed by atoms with Crippen LogP contribution in [0.3, 0.4) is 0 Å². The predicted octanol–water partition coefficient (Wildman–Crippen LogP) is 5.13. The van der Waals surface area contributed by atoms with Crippen LogP contribution in [0.15, 0.2) is 18.2 Å². The molecule has 0 saturated heterocycles. The van der Waals surface area contributed by atoms with Crippen LogP contribution in [-0.2, 0) is 21.9 Å². The maximum absolute atomic E-state index is 10.8. The Kier molecular flexibility index (Phi) is 10.3. The van der Waals surface area contributed by atoms with E-state index in [4.69, 9.17) is 15.2 Å². The maximum atomic E-state index is 10.8. The molecule has 3 N–H and O–H groups in total. The minimum Gasteiger partial charge on any atom is -0.326 e. The largest absolute Gasteiger partial charge is 0.326 e. The van der Waals surface area contributed by atoms with Crippen molar-refractivity contribution in [2.24, 2.45) is 11.7 Å². The summed E-state index contributed by atoms with van der Waals surface area (Å²) in [6.07, 6.45) is 13.3. The van der Waals surface area contributed by atoms with Crippen molar-refractivity contribution in [2.75, 3.05) is 6.61 Å². The van der Waals surface area contributed by atoms with E-state index < -0.39 is 13.8 Å². The maximum Gasteiger partial charge on any atom is 0.316 e. The molecular weight excluding hydrogens is 595 g/mol. The van der Waals surface area contributed by atoms with Gasteiger partial charge in [0.25, 0.3) is 0 Å². The van der Waals surface area contributed by atoms with Crippen LogP contribution >= 0.6 is 8.25 Å². The Morgan fingerprint density at radius 3 is 2.82 bits per heavy atom. The fourth-order valence-electron chi connectivity index (χ4n) is 4.99. The van der Waals surface area contributed by atoms with E-state index in [0.717, 1.165) is 25.2 Å². The topological polar surface area (TPSA) is 72.5 Å². The molecule has 2 aliphatic carbocycles. The SMILES string of the molecule is CCCCCC[C@@H]1CCc2cc([C@H]3CC[C@](N)(CO[PH](=O)O)C3)ccc2C1.[U]. The van der Waals surface area contributed by atoms with Gasteiger partial charge in [0.1, 0.15) is 0 Å². The van der Waals surface area contributed by atoms with Gasteiger partial charge in [-0.05, 0) is 67.1 Å². The van der Waals surface area contributed by atoms with Crippen LogP contribution in [0, 0.1) is 37.0 Å². The van der Waals surface area contributed by atoms with Crippen molar-refractivity contribution in [1.29, 1.82) is 0 Å². The molecule has 1 fully saturated rings. The van der Waals surface area contributed by atoms with Crippen molar-refractivity contribution in [2.45, 2.75) is 89.0 Å². The number of benzene rings is 1. The Balaban J connectivity index is 0.00000280. The van der Waals surface area contributed by atoms with Gasteiger partial charge in [0.15, 0.2) is 0 Å². The van der Waals surface area contributed by atoms with Crippen molar-refractivity contribution in [3.8, 4) is 0 Å². The van der Waals surface area contributed by atoms with Gasteiger partial charge in [0.2, 0.25) is 0 Å². The number of aryl methyl sites for hydroxylation is 1. The molecule has 156 valence electrons. The molecule has 0 radical (unpaired) electrons. The van der Waals surface area contributed by atoms with Crippen molar-refractivity contribution in [3.05, 3.63) is 34.9 Å². The molecule has 2 aliphatic rings. The Bertz CT molecular complexity index is 657. The molecular formula is C22H36NO3PU. The Labute approximate surface area is 194 Å². The third kappa shape index (κ3) is 6.97. The van der Waals surface area contributed by atoms with Gasteiger partial charge < -0.3 is 15.2 Å². The van der Waals surface area contributed by atoms with Crippen LogP contribution < -0.4 is 5.73 Å². The van der Waals surface area contributed by atoms with Crippen molar-refractivity contribution >= 4 is 8.25 Å². The smallest absolute Gasteiger partial charge is 0.316 e. The Hall–Kier alpha value is 0.382. The minimum absolute atomic E-state index is 0. The number of hydrogen-bond acceptors (Lipinski definition) is 3. The van der Waals surface area contributed by atoms with E-state index in [-0.39, 0.29) is 37.7 Å². The second-order valence-corrected chi connectivity index (χ2v) is 9.66. The number of hydrogen-bond donors (Lipinski definition) is 2. The standard InChI is InChI=1S/C22H36NO3P.U/c1-2-3-4-5-6-17-7-8-19-14-20(10-9-18(19)13-17)21-11-12-22(23,15-21)16-26-27(24)25;/h9-10,14,17,21,27H,2-8,11-13,15-16,23H2,1H3,(H,24,25);/t17-,21+,22-;/m1./s1. The molecule has 1 aromatic carbocycles. The van der Waals surface area contributed by atoms with Crippen LogP contribution in [-0.4, -0.2) is 17.0 Å². The van der Waals surface area contributed by atoms with E-state index >= 15 is 0 Å². The van der Waals surface area contributed by atoms with Gasteiger partial charge in [-0.15, -0.1) is 0 Å². The summed E-state index contributed by atoms with van der Waals surface area (Å²) in [6, 6.07) is 7.06. The average molecular weight is 632 g/mol. The third-order valence-electron chi connectivity index (χ3n) is 6.62. The van der Waals surface area contributed by atoms with E-state index in [2.05, 4.69) is 25.1 Å². The molecule has 1 aromatic rings. The zero-order valence-electron chi connectivity index (χ0n) is 17.2. The molecule has 3 rings (SSSR count). The van der Waals surface area contributed by atoms with Gasteiger partial charge >= 0.3 is 8.25 Å². The molecule has 4 atom stereocenters. The van der Waals surface area contributed by atoms with Crippen molar-refractivity contribution in [1.82, 2.24) is 0 Å². The summed E-state index contributed by atoms with van der Waals surface area (Å²) in [4.78, 5) is 8.91. The van der Waals surface area contributed by atoms with Gasteiger partial charge in [-0.2, -0.15) is 0 Å². The Morgan fingerprint density at radius 2 is 2.07 bits per heavy atom. The first-order valence-corrected chi connectivity index (χ1v) is 12.0. The summed E-state index contributed by atoms with van der Waals surface area (Å²) in [7, 11) is -2.90. The summed E-state index contributed by atoms with van der Waals surface area (Å²) >= 11 is 0. The number of unbranched alkanes of at least 4 members (excludes halogenated alkanes) is 3. The zero-order valence-corrected chi connectivity index (χ0v) is 22.4. The fraction of sp³-hybridized carbons (Fsp3) is 0.727. The van der Waals surface area contributed by atoms with Gasteiger partial charge in [0, 0.05) is 36.7 Å². The normalized spacial score (nSPS) is 27.8. The summed E-state index contributed by atoms with van der Waals surface area (Å²) in [5, 5.41) is 0. The fourth-order valence-corrected chi connectivity index (χ4v) is 5.40. The van der Waals surface area contributed by atoms with Crippen molar-refractivity contribution < 1.29 is 45.1 Å². The quantitative estimate of drug-likeness (QED) is 0.293. The van der Waals surface area contributed by atoms with E-state index in [1.807, 2.05) is 0 Å². The van der Waals surface area contributed by atoms with Crippen LogP contribution in [0.2, 0.25) is 0 Å². The molecule has 0 aliphatic heterocycles. The van der Waals surface area contributed by atoms with E-state index in [1.165, 1.54) is 62.5 Å². The monoisotopic (exact) mass is 631 g/mol. The molecule has 0 aromatic heterocycles. The minimum atomic E-state index is -2.90. The van der Waals surface area contributed by atoms with Gasteiger partial charge in [-0.25, -0.2) is 0 Å². The molecule has 1 saturated carbocycles. The summed E-state index contributed by atoms with van der Waals surface area (Å²) in [5.41, 5.74) is 10.4. The third-order valence-corrected chi connectivity index (χ3v) is 7.02. The van der Waals surface area contributed by atoms with Gasteiger partial charge in [-0.3, -0.25) is 4.57 Å². The molecule has 0 amide bonds. The average Bonchev–Trinajstić information content (AvgIpc) is 3.06. The number of rotatable bonds is 9. The van der Waals surface area contributed by atoms with E-state index in [1.54, 1.807) is 5.56 Å². The summed E-state index contributed by atoms with van der Waals surface area (Å²) in [6.45, 7) is 2.46. The first kappa shape index (κ1) is 24.6. The van der Waals surface area contributed by atoms with Crippen LogP contribution in [0.4, 0.5) is 0 Å². The van der Waals surface area contributed by atoms with Gasteiger partial charge in [-0.1, -0.05) is 57.2 Å². The summed E-state index contributed by atoms with van der Waals surface area (Å²) in [5.74, 6) is 1.30. The van der Waals surface area contributed by atoms with Crippen LogP contribution in [0.25, 0.3) is 0 Å². The number of nitrogens with two attached hydrogens (primary N) is 1. The molecule has 6 heteroatoms. The molecule has 0 bridgehead atoms. The first-order chi connectivity index (χ1) is 13.0. The van der Waals surface area contributed by atoms with Gasteiger partial charge in [0.05, 0.1) is 6.61 Å². The summed E-state index contributed by atoms with van der Waals surface area (Å²) < 4.78 is 15.8.